The second-order valence-corrected chi connectivity index (χ2v) is 6.51. The van der Waals surface area contributed by atoms with Gasteiger partial charge < -0.3 is 9.84 Å². The summed E-state index contributed by atoms with van der Waals surface area (Å²) in [6, 6.07) is 4.93. The van der Waals surface area contributed by atoms with E-state index >= 15 is 0 Å². The molecule has 138 valence electrons. The standard InChI is InChI=1S/C18H17ClF2N2O3/c19-15-9-22-17(21)8-13(15)14-7-12(1-2-16(14)20)23(18(24)25)10-11-3-5-26-6-4-11/h1-2,7-9,11H,3-6,10H2,(H,24,25). The van der Waals surface area contributed by atoms with Crippen LogP contribution >= 0.6 is 11.6 Å². The number of ether oxygens (including phenoxy) is 1. The minimum Gasteiger partial charge on any atom is -0.465 e. The van der Waals surface area contributed by atoms with Crippen molar-refractivity contribution in [3.05, 3.63) is 47.2 Å². The number of hydrogen-bond donors (Lipinski definition) is 1. The largest absolute Gasteiger partial charge is 0.465 e. The van der Waals surface area contributed by atoms with Crippen molar-refractivity contribution < 1.29 is 23.4 Å². The van der Waals surface area contributed by atoms with Gasteiger partial charge in [0.25, 0.3) is 0 Å². The Bertz CT molecular complexity index is 813. The van der Waals surface area contributed by atoms with E-state index < -0.39 is 17.9 Å². The molecule has 0 unspecified atom stereocenters. The van der Waals surface area contributed by atoms with Crippen molar-refractivity contribution in [2.45, 2.75) is 12.8 Å². The molecule has 1 aliphatic rings. The molecule has 1 amide bonds. The molecule has 5 nitrogen and oxygen atoms in total. The van der Waals surface area contributed by atoms with Crippen LogP contribution in [0.25, 0.3) is 11.1 Å². The molecule has 1 fully saturated rings. The molecule has 2 aromatic rings. The predicted octanol–water partition coefficient (Wildman–Crippen LogP) is 4.59. The number of benzene rings is 1. The molecule has 1 N–H and O–H groups in total. The van der Waals surface area contributed by atoms with Crippen LogP contribution in [0.15, 0.2) is 30.5 Å². The molecule has 0 radical (unpaired) electrons. The third kappa shape index (κ3) is 4.11. The molecule has 3 rings (SSSR count). The number of hydrogen-bond acceptors (Lipinski definition) is 3. The molecule has 0 saturated carbocycles. The van der Waals surface area contributed by atoms with Crippen LogP contribution in [0.5, 0.6) is 0 Å². The van der Waals surface area contributed by atoms with Gasteiger partial charge in [-0.1, -0.05) is 11.6 Å². The number of amides is 1. The van der Waals surface area contributed by atoms with Gasteiger partial charge in [-0.25, -0.2) is 14.2 Å². The van der Waals surface area contributed by atoms with Gasteiger partial charge in [-0.05, 0) is 37.0 Å². The number of carboxylic acid groups (broad SMARTS) is 1. The van der Waals surface area contributed by atoms with Crippen molar-refractivity contribution in [2.24, 2.45) is 5.92 Å². The van der Waals surface area contributed by atoms with E-state index in [-0.39, 0.29) is 28.6 Å². The van der Waals surface area contributed by atoms with Crippen molar-refractivity contribution in [1.29, 1.82) is 0 Å². The Morgan fingerprint density at radius 1 is 1.27 bits per heavy atom. The summed E-state index contributed by atoms with van der Waals surface area (Å²) in [5, 5.41) is 9.67. The van der Waals surface area contributed by atoms with E-state index in [1.54, 1.807) is 0 Å². The normalized spacial score (nSPS) is 15.0. The van der Waals surface area contributed by atoms with Gasteiger partial charge in [0.2, 0.25) is 5.95 Å². The lowest BCUT2D eigenvalue weighted by Crippen LogP contribution is -2.36. The number of anilines is 1. The van der Waals surface area contributed by atoms with Gasteiger partial charge in [0.1, 0.15) is 5.82 Å². The third-order valence-electron chi connectivity index (χ3n) is 4.39. The summed E-state index contributed by atoms with van der Waals surface area (Å²) in [6.07, 6.45) is 1.48. The van der Waals surface area contributed by atoms with Crippen LogP contribution in [0.2, 0.25) is 5.02 Å². The predicted molar refractivity (Wildman–Crippen MR) is 93.5 cm³/mol. The van der Waals surface area contributed by atoms with Crippen molar-refractivity contribution in [1.82, 2.24) is 4.98 Å². The zero-order valence-electron chi connectivity index (χ0n) is 13.8. The Kier molecular flexibility index (Phi) is 5.68. The molecule has 0 atom stereocenters. The van der Waals surface area contributed by atoms with Gasteiger partial charge in [0, 0.05) is 48.8 Å². The van der Waals surface area contributed by atoms with Crippen LogP contribution in [0.3, 0.4) is 0 Å². The van der Waals surface area contributed by atoms with Crippen LogP contribution in [0.1, 0.15) is 12.8 Å². The summed E-state index contributed by atoms with van der Waals surface area (Å²) in [4.78, 5) is 16.3. The number of aromatic nitrogens is 1. The van der Waals surface area contributed by atoms with E-state index in [0.717, 1.165) is 31.2 Å². The van der Waals surface area contributed by atoms with E-state index in [1.165, 1.54) is 17.0 Å². The van der Waals surface area contributed by atoms with Crippen LogP contribution in [0.4, 0.5) is 19.3 Å². The maximum atomic E-state index is 14.3. The Balaban J connectivity index is 1.96. The van der Waals surface area contributed by atoms with Crippen LogP contribution in [-0.2, 0) is 4.74 Å². The average molecular weight is 383 g/mol. The number of carbonyl (C=O) groups is 1. The van der Waals surface area contributed by atoms with Crippen LogP contribution in [-0.4, -0.2) is 35.9 Å². The third-order valence-corrected chi connectivity index (χ3v) is 4.69. The summed E-state index contributed by atoms with van der Waals surface area (Å²) in [7, 11) is 0. The first-order valence-corrected chi connectivity index (χ1v) is 8.52. The lowest BCUT2D eigenvalue weighted by molar-refractivity contribution is 0.0680. The fourth-order valence-corrected chi connectivity index (χ4v) is 3.19. The number of pyridine rings is 1. The molecule has 8 heteroatoms. The van der Waals surface area contributed by atoms with Gasteiger partial charge in [-0.2, -0.15) is 4.39 Å². The van der Waals surface area contributed by atoms with Gasteiger partial charge in [0.05, 0.1) is 5.02 Å². The lowest BCUT2D eigenvalue weighted by Gasteiger charge is -2.28. The average Bonchev–Trinajstić information content (AvgIpc) is 2.63. The second kappa shape index (κ2) is 7.97. The van der Waals surface area contributed by atoms with Crippen LogP contribution < -0.4 is 4.90 Å². The highest BCUT2D eigenvalue weighted by atomic mass is 35.5. The maximum absolute atomic E-state index is 14.3. The summed E-state index contributed by atoms with van der Waals surface area (Å²) >= 11 is 6.01. The molecule has 1 saturated heterocycles. The van der Waals surface area contributed by atoms with E-state index in [0.29, 0.717) is 18.9 Å². The van der Waals surface area contributed by atoms with E-state index in [9.17, 15) is 18.7 Å². The van der Waals surface area contributed by atoms with Crippen molar-refractivity contribution in [3.8, 4) is 11.1 Å². The summed E-state index contributed by atoms with van der Waals surface area (Å²) in [5.74, 6) is -1.26. The molecule has 0 aliphatic carbocycles. The Morgan fingerprint density at radius 2 is 2.00 bits per heavy atom. The first-order valence-electron chi connectivity index (χ1n) is 8.15. The zero-order valence-corrected chi connectivity index (χ0v) is 14.5. The zero-order chi connectivity index (χ0) is 18.7. The monoisotopic (exact) mass is 382 g/mol. The molecule has 26 heavy (non-hydrogen) atoms. The molecule has 0 bridgehead atoms. The highest BCUT2D eigenvalue weighted by Gasteiger charge is 2.23. The first-order chi connectivity index (χ1) is 12.5. The van der Waals surface area contributed by atoms with Gasteiger partial charge in [-0.15, -0.1) is 0 Å². The van der Waals surface area contributed by atoms with Gasteiger partial charge in [0.15, 0.2) is 0 Å². The van der Waals surface area contributed by atoms with Gasteiger partial charge in [-0.3, -0.25) is 4.90 Å². The minimum atomic E-state index is -1.14. The van der Waals surface area contributed by atoms with Crippen molar-refractivity contribution >= 4 is 23.4 Å². The summed E-state index contributed by atoms with van der Waals surface area (Å²) < 4.78 is 33.1. The Labute approximate surface area is 154 Å². The van der Waals surface area contributed by atoms with E-state index in [1.807, 2.05) is 0 Å². The van der Waals surface area contributed by atoms with Crippen LogP contribution in [0, 0.1) is 17.7 Å². The smallest absolute Gasteiger partial charge is 0.411 e. The fourth-order valence-electron chi connectivity index (χ4n) is 2.99. The minimum absolute atomic E-state index is 0.0204. The molecule has 1 aliphatic heterocycles. The Morgan fingerprint density at radius 3 is 2.69 bits per heavy atom. The molecular weight excluding hydrogens is 366 g/mol. The van der Waals surface area contributed by atoms with Gasteiger partial charge >= 0.3 is 6.09 Å². The maximum Gasteiger partial charge on any atom is 0.411 e. The quantitative estimate of drug-likeness (QED) is 0.785. The van der Waals surface area contributed by atoms with E-state index in [2.05, 4.69) is 4.98 Å². The number of nitrogens with zero attached hydrogens (tertiary/aromatic N) is 2. The molecule has 1 aromatic heterocycles. The van der Waals surface area contributed by atoms with Crippen molar-refractivity contribution in [3.63, 3.8) is 0 Å². The molecular formula is C18H17ClF2N2O3. The number of rotatable bonds is 4. The molecule has 2 heterocycles. The highest BCUT2D eigenvalue weighted by molar-refractivity contribution is 6.33. The Hall–Kier alpha value is -2.25. The molecule has 1 aromatic carbocycles. The highest BCUT2D eigenvalue weighted by Crippen LogP contribution is 2.33. The fraction of sp³-hybridized carbons (Fsp3) is 0.333. The summed E-state index contributed by atoms with van der Waals surface area (Å²) in [6.45, 7) is 1.47. The first kappa shape index (κ1) is 18.5. The SMILES string of the molecule is O=C(O)N(CC1CCOCC1)c1ccc(F)c(-c2cc(F)ncc2Cl)c1. The second-order valence-electron chi connectivity index (χ2n) is 6.10. The summed E-state index contributed by atoms with van der Waals surface area (Å²) in [5.41, 5.74) is 0.440. The van der Waals surface area contributed by atoms with Crippen molar-refractivity contribution in [2.75, 3.05) is 24.7 Å². The van der Waals surface area contributed by atoms with E-state index in [4.69, 9.17) is 16.3 Å². The number of halogens is 3. The lowest BCUT2D eigenvalue weighted by atomic mass is 9.99. The topological polar surface area (TPSA) is 62.7 Å². The molecule has 0 spiro atoms.